The first-order valence-corrected chi connectivity index (χ1v) is 10.1. The number of hydrogen-bond acceptors (Lipinski definition) is 3. The molecule has 0 saturated carbocycles. The monoisotopic (exact) mass is 452 g/mol. The number of aryl methyl sites for hydroxylation is 1. The van der Waals surface area contributed by atoms with Gasteiger partial charge < -0.3 is 10.4 Å². The van der Waals surface area contributed by atoms with Crippen LogP contribution in [0.1, 0.15) is 41.6 Å². The third-order valence-electron chi connectivity index (χ3n) is 4.56. The van der Waals surface area contributed by atoms with Gasteiger partial charge in [-0.15, -0.1) is 0 Å². The zero-order valence-electron chi connectivity index (χ0n) is 13.6. The molecule has 0 unspecified atom stereocenters. The van der Waals surface area contributed by atoms with Gasteiger partial charge in [0.25, 0.3) is 0 Å². The number of rotatable bonds is 0. The Labute approximate surface area is 160 Å². The third kappa shape index (κ3) is 4.38. The molecule has 1 aliphatic heterocycles. The van der Waals surface area contributed by atoms with Crippen molar-refractivity contribution in [1.82, 2.24) is 10.3 Å². The average molecular weight is 454 g/mol. The minimum Gasteiger partial charge on any atom is -0.507 e. The molecule has 0 radical (unpaired) electrons. The molecule has 0 atom stereocenters. The van der Waals surface area contributed by atoms with Gasteiger partial charge in [-0.3, -0.25) is 4.98 Å². The number of nitrogens with one attached hydrogen (secondary N) is 1. The molecule has 1 aliphatic carbocycles. The van der Waals surface area contributed by atoms with Gasteiger partial charge in [-0.2, -0.15) is 0 Å². The second kappa shape index (κ2) is 8.45. The van der Waals surface area contributed by atoms with Crippen LogP contribution in [0.15, 0.2) is 33.3 Å². The molecule has 1 saturated heterocycles. The van der Waals surface area contributed by atoms with Crippen molar-refractivity contribution >= 4 is 31.9 Å². The maximum Gasteiger partial charge on any atom is 0.130 e. The zero-order chi connectivity index (χ0) is 16.9. The summed E-state index contributed by atoms with van der Waals surface area (Å²) in [6, 6.07) is 5.88. The first kappa shape index (κ1) is 17.9. The predicted molar refractivity (Wildman–Crippen MR) is 105 cm³/mol. The van der Waals surface area contributed by atoms with Crippen LogP contribution in [0.25, 0.3) is 0 Å². The number of hydrogen-bond donors (Lipinski definition) is 2. The summed E-state index contributed by atoms with van der Waals surface area (Å²) in [5.74, 6) is 0.314. The van der Waals surface area contributed by atoms with Crippen molar-refractivity contribution in [2.24, 2.45) is 0 Å². The number of aromatic nitrogens is 1. The minimum absolute atomic E-state index is 0.314. The molecule has 3 nitrogen and oxygen atoms in total. The van der Waals surface area contributed by atoms with Crippen molar-refractivity contribution in [2.75, 3.05) is 13.1 Å². The molecule has 2 N–H and O–H groups in total. The van der Waals surface area contributed by atoms with E-state index in [1.165, 1.54) is 49.0 Å². The zero-order valence-corrected chi connectivity index (χ0v) is 16.8. The molecule has 4 rings (SSSR count). The number of pyridine rings is 1. The van der Waals surface area contributed by atoms with Crippen molar-refractivity contribution in [3.63, 3.8) is 0 Å². The quantitative estimate of drug-likeness (QED) is 0.604. The molecular formula is C19H22Br2N2O. The largest absolute Gasteiger partial charge is 0.507 e. The minimum atomic E-state index is 0.314. The van der Waals surface area contributed by atoms with Gasteiger partial charge in [0, 0.05) is 22.8 Å². The van der Waals surface area contributed by atoms with Crippen LogP contribution in [-0.4, -0.2) is 23.2 Å². The summed E-state index contributed by atoms with van der Waals surface area (Å²) in [6.45, 7) is 2.50. The van der Waals surface area contributed by atoms with Crippen LogP contribution >= 0.6 is 31.9 Å². The van der Waals surface area contributed by atoms with Crippen LogP contribution in [0, 0.1) is 0 Å². The van der Waals surface area contributed by atoms with Gasteiger partial charge in [0.1, 0.15) is 5.75 Å². The molecule has 0 amide bonds. The van der Waals surface area contributed by atoms with Crippen molar-refractivity contribution in [3.8, 4) is 5.75 Å². The molecule has 0 spiro atoms. The van der Waals surface area contributed by atoms with E-state index in [-0.39, 0.29) is 0 Å². The lowest BCUT2D eigenvalue weighted by molar-refractivity contribution is 0.470. The SMILES string of the molecule is C1CCNCC1.Oc1ccc2c(c1Br)CCc1cc(Br)cnc1C2. The number of aromatic hydroxyl groups is 1. The molecule has 2 aromatic rings. The maximum atomic E-state index is 9.76. The van der Waals surface area contributed by atoms with Gasteiger partial charge in [-0.25, -0.2) is 0 Å². The van der Waals surface area contributed by atoms with Crippen molar-refractivity contribution in [1.29, 1.82) is 0 Å². The Morgan fingerprint density at radius 2 is 1.79 bits per heavy atom. The molecule has 128 valence electrons. The number of fused-ring (bicyclic) bond motifs is 2. The number of phenolic OH excluding ortho intramolecular Hbond substituents is 1. The summed E-state index contributed by atoms with van der Waals surface area (Å²) in [7, 11) is 0. The fourth-order valence-corrected chi connectivity index (χ4v) is 4.18. The van der Waals surface area contributed by atoms with E-state index in [9.17, 15) is 5.11 Å². The topological polar surface area (TPSA) is 45.1 Å². The highest BCUT2D eigenvalue weighted by atomic mass is 79.9. The van der Waals surface area contributed by atoms with E-state index in [0.29, 0.717) is 5.75 Å². The Kier molecular flexibility index (Phi) is 6.31. The van der Waals surface area contributed by atoms with Gasteiger partial charge in [0.2, 0.25) is 0 Å². The van der Waals surface area contributed by atoms with E-state index >= 15 is 0 Å². The second-order valence-electron chi connectivity index (χ2n) is 6.28. The van der Waals surface area contributed by atoms with E-state index < -0.39 is 0 Å². The van der Waals surface area contributed by atoms with Gasteiger partial charge in [-0.1, -0.05) is 12.5 Å². The number of benzene rings is 1. The smallest absolute Gasteiger partial charge is 0.130 e. The lowest BCUT2D eigenvalue weighted by atomic mass is 10.0. The standard InChI is InChI=1S/C14H11Br2NO.C5H11N/c15-10-5-9-1-3-11-8(6-12(9)17-7-10)2-4-13(18)14(11)16;1-2-4-6-5-3-1/h2,4-5,7,18H,1,3,6H2;6H,1-5H2. The molecule has 2 aliphatic rings. The van der Waals surface area contributed by atoms with Crippen LogP contribution in [0.3, 0.4) is 0 Å². The van der Waals surface area contributed by atoms with Gasteiger partial charge in [-0.05, 0) is 99.5 Å². The molecular weight excluding hydrogens is 432 g/mol. The summed E-state index contributed by atoms with van der Waals surface area (Å²) in [4.78, 5) is 4.51. The number of piperidine rings is 1. The Bertz CT molecular complexity index is 703. The Hall–Kier alpha value is -0.910. The fourth-order valence-electron chi connectivity index (χ4n) is 3.21. The summed E-state index contributed by atoms with van der Waals surface area (Å²) in [6.07, 6.45) is 8.77. The van der Waals surface area contributed by atoms with Crippen molar-refractivity contribution in [2.45, 2.75) is 38.5 Å². The molecule has 24 heavy (non-hydrogen) atoms. The normalized spacial score (nSPS) is 16.2. The van der Waals surface area contributed by atoms with E-state index in [2.05, 4.69) is 48.2 Å². The first-order valence-electron chi connectivity index (χ1n) is 8.48. The summed E-state index contributed by atoms with van der Waals surface area (Å²) in [5.41, 5.74) is 4.86. The maximum absolute atomic E-state index is 9.76. The molecule has 1 aromatic carbocycles. The summed E-state index contributed by atoms with van der Waals surface area (Å²) in [5, 5.41) is 13.0. The number of halogens is 2. The van der Waals surface area contributed by atoms with Crippen molar-refractivity contribution < 1.29 is 5.11 Å². The Morgan fingerprint density at radius 3 is 2.46 bits per heavy atom. The highest BCUT2D eigenvalue weighted by Crippen LogP contribution is 2.34. The van der Waals surface area contributed by atoms with Crippen LogP contribution in [0.2, 0.25) is 0 Å². The molecule has 1 fully saturated rings. The third-order valence-corrected chi connectivity index (χ3v) is 5.87. The van der Waals surface area contributed by atoms with Crippen molar-refractivity contribution in [3.05, 3.63) is 55.7 Å². The predicted octanol–water partition coefficient (Wildman–Crippen LogP) is 4.76. The molecule has 5 heteroatoms. The first-order chi connectivity index (χ1) is 11.6. The van der Waals surface area contributed by atoms with E-state index in [4.69, 9.17) is 0 Å². The van der Waals surface area contributed by atoms with Crippen LogP contribution < -0.4 is 5.32 Å². The Balaban J connectivity index is 0.000000238. The number of nitrogens with zero attached hydrogens (tertiary/aromatic N) is 1. The summed E-state index contributed by atoms with van der Waals surface area (Å²) < 4.78 is 1.85. The lowest BCUT2D eigenvalue weighted by Crippen LogP contribution is -2.21. The summed E-state index contributed by atoms with van der Waals surface area (Å²) >= 11 is 6.95. The molecule has 1 aromatic heterocycles. The van der Waals surface area contributed by atoms with Gasteiger partial charge in [0.05, 0.1) is 4.47 Å². The van der Waals surface area contributed by atoms with E-state index in [1.54, 1.807) is 6.07 Å². The number of phenols is 1. The lowest BCUT2D eigenvalue weighted by Gasteiger charge is -2.09. The average Bonchev–Trinajstić information content (AvgIpc) is 2.80. The molecule has 2 heterocycles. The second-order valence-corrected chi connectivity index (χ2v) is 7.99. The van der Waals surface area contributed by atoms with E-state index in [1.807, 2.05) is 12.3 Å². The fraction of sp³-hybridized carbons (Fsp3) is 0.421. The van der Waals surface area contributed by atoms with Gasteiger partial charge >= 0.3 is 0 Å². The van der Waals surface area contributed by atoms with E-state index in [0.717, 1.165) is 33.9 Å². The van der Waals surface area contributed by atoms with Crippen LogP contribution in [0.4, 0.5) is 0 Å². The van der Waals surface area contributed by atoms with Crippen LogP contribution in [0.5, 0.6) is 5.75 Å². The molecule has 0 bridgehead atoms. The van der Waals surface area contributed by atoms with Gasteiger partial charge in [0.15, 0.2) is 0 Å². The highest BCUT2D eigenvalue weighted by molar-refractivity contribution is 9.10. The highest BCUT2D eigenvalue weighted by Gasteiger charge is 2.18. The Morgan fingerprint density at radius 1 is 1.00 bits per heavy atom. The van der Waals surface area contributed by atoms with Crippen LogP contribution in [-0.2, 0) is 19.3 Å².